The first-order valence-electron chi connectivity index (χ1n) is 6.53. The van der Waals surface area contributed by atoms with Crippen molar-refractivity contribution in [3.63, 3.8) is 0 Å². The second kappa shape index (κ2) is 6.39. The normalized spacial score (nSPS) is 16.2. The van der Waals surface area contributed by atoms with E-state index in [-0.39, 0.29) is 12.1 Å². The van der Waals surface area contributed by atoms with Gasteiger partial charge >= 0.3 is 0 Å². The molecule has 1 saturated carbocycles. The Labute approximate surface area is 117 Å². The molecule has 1 aliphatic carbocycles. The Morgan fingerprint density at radius 1 is 1.26 bits per heavy atom. The second-order valence-corrected chi connectivity index (χ2v) is 5.53. The molecule has 0 heterocycles. The third-order valence-electron chi connectivity index (χ3n) is 3.62. The fraction of sp³-hybridized carbons (Fsp3) is 0.500. The maximum Gasteiger partial charge on any atom is 0.130 e. The molecule has 2 nitrogen and oxygen atoms in total. The van der Waals surface area contributed by atoms with Crippen LogP contribution in [0.2, 0.25) is 0 Å². The molecule has 0 aromatic heterocycles. The lowest BCUT2D eigenvalue weighted by Gasteiger charge is -2.28. The summed E-state index contributed by atoms with van der Waals surface area (Å²) in [4.78, 5) is 2.36. The number of hydrogen-bond donors (Lipinski definition) is 1. The first-order chi connectivity index (χ1) is 9.08. The van der Waals surface area contributed by atoms with Gasteiger partial charge in [-0.05, 0) is 25.0 Å². The number of benzene rings is 1. The minimum absolute atomic E-state index is 0.102. The highest BCUT2D eigenvalue weighted by atomic mass is 32.1. The molecule has 0 atom stereocenters. The smallest absolute Gasteiger partial charge is 0.130 e. The number of hydrogen-bond acceptors (Lipinski definition) is 2. The van der Waals surface area contributed by atoms with Crippen molar-refractivity contribution >= 4 is 17.2 Å². The molecule has 19 heavy (non-hydrogen) atoms. The maximum absolute atomic E-state index is 13.7. The van der Waals surface area contributed by atoms with Crippen molar-refractivity contribution in [1.29, 1.82) is 0 Å². The van der Waals surface area contributed by atoms with E-state index in [1.165, 1.54) is 18.2 Å². The maximum atomic E-state index is 13.7. The Balaban J connectivity index is 2.17. The third-order valence-corrected chi connectivity index (χ3v) is 3.75. The van der Waals surface area contributed by atoms with Gasteiger partial charge in [0, 0.05) is 24.7 Å². The van der Waals surface area contributed by atoms with Gasteiger partial charge in [0.05, 0.1) is 4.99 Å². The molecule has 104 valence electrons. The fourth-order valence-electron chi connectivity index (χ4n) is 2.67. The molecule has 5 heteroatoms. The predicted molar refractivity (Wildman–Crippen MR) is 75.8 cm³/mol. The molecule has 0 unspecified atom stereocenters. The number of nitrogens with two attached hydrogens (primary N) is 1. The van der Waals surface area contributed by atoms with E-state index in [0.29, 0.717) is 17.6 Å². The quantitative estimate of drug-likeness (QED) is 0.843. The molecule has 2 rings (SSSR count). The van der Waals surface area contributed by atoms with Crippen molar-refractivity contribution in [3.8, 4) is 0 Å². The van der Waals surface area contributed by atoms with Gasteiger partial charge in [-0.15, -0.1) is 0 Å². The van der Waals surface area contributed by atoms with E-state index >= 15 is 0 Å². The lowest BCUT2D eigenvalue weighted by Crippen LogP contribution is -2.39. The van der Waals surface area contributed by atoms with Crippen LogP contribution < -0.4 is 5.73 Å². The van der Waals surface area contributed by atoms with Crippen LogP contribution in [0.5, 0.6) is 0 Å². The van der Waals surface area contributed by atoms with Crippen LogP contribution in [0.15, 0.2) is 18.2 Å². The van der Waals surface area contributed by atoms with Gasteiger partial charge in [0.25, 0.3) is 0 Å². The van der Waals surface area contributed by atoms with Crippen LogP contribution in [0.3, 0.4) is 0 Å². The summed E-state index contributed by atoms with van der Waals surface area (Å²) >= 11 is 4.94. The molecule has 0 saturated heterocycles. The highest BCUT2D eigenvalue weighted by Gasteiger charge is 2.24. The van der Waals surface area contributed by atoms with Gasteiger partial charge in [0.1, 0.15) is 11.6 Å². The number of rotatable bonds is 5. The zero-order chi connectivity index (χ0) is 13.8. The fourth-order valence-corrected chi connectivity index (χ4v) is 2.84. The van der Waals surface area contributed by atoms with E-state index < -0.39 is 11.6 Å². The third kappa shape index (κ3) is 3.70. The summed E-state index contributed by atoms with van der Waals surface area (Å²) < 4.78 is 27.4. The Kier molecular flexibility index (Phi) is 4.82. The number of halogens is 2. The highest BCUT2D eigenvalue weighted by molar-refractivity contribution is 7.80. The Morgan fingerprint density at radius 2 is 1.84 bits per heavy atom. The second-order valence-electron chi connectivity index (χ2n) is 5.01. The number of nitrogens with zero attached hydrogens (tertiary/aromatic N) is 1. The van der Waals surface area contributed by atoms with Crippen LogP contribution in [0.4, 0.5) is 8.78 Å². The van der Waals surface area contributed by atoms with Crippen molar-refractivity contribution < 1.29 is 8.78 Å². The van der Waals surface area contributed by atoms with Gasteiger partial charge in [-0.3, -0.25) is 4.90 Å². The standard InChI is InChI=1S/C14H18F2N2S/c15-12-6-3-7-13(16)11(12)8-18(9-14(17)19)10-4-1-2-5-10/h3,6-7,10H,1-2,4-5,8-9H2,(H2,17,19). The lowest BCUT2D eigenvalue weighted by atomic mass is 10.1. The van der Waals surface area contributed by atoms with E-state index in [1.54, 1.807) is 0 Å². The molecule has 0 bridgehead atoms. The molecule has 1 aromatic rings. The molecule has 0 radical (unpaired) electrons. The minimum atomic E-state index is -0.508. The Bertz CT molecular complexity index is 439. The molecule has 0 spiro atoms. The molecule has 2 N–H and O–H groups in total. The molecule has 1 aromatic carbocycles. The van der Waals surface area contributed by atoms with Crippen LogP contribution in [-0.4, -0.2) is 22.5 Å². The van der Waals surface area contributed by atoms with E-state index in [0.717, 1.165) is 25.7 Å². The van der Waals surface area contributed by atoms with Gasteiger partial charge in [-0.25, -0.2) is 8.78 Å². The average molecular weight is 284 g/mol. The largest absolute Gasteiger partial charge is 0.392 e. The van der Waals surface area contributed by atoms with Crippen LogP contribution >= 0.6 is 12.2 Å². The summed E-state index contributed by atoms with van der Waals surface area (Å²) in [5.41, 5.74) is 5.70. The predicted octanol–water partition coefficient (Wildman–Crippen LogP) is 3.00. The van der Waals surface area contributed by atoms with Gasteiger partial charge in [0.2, 0.25) is 0 Å². The monoisotopic (exact) mass is 284 g/mol. The summed E-state index contributed by atoms with van der Waals surface area (Å²) in [5, 5.41) is 0. The lowest BCUT2D eigenvalue weighted by molar-refractivity contribution is 0.213. The van der Waals surface area contributed by atoms with Crippen molar-refractivity contribution in [2.45, 2.75) is 38.3 Å². The first-order valence-corrected chi connectivity index (χ1v) is 6.94. The van der Waals surface area contributed by atoms with E-state index in [9.17, 15) is 8.78 Å². The molecule has 1 aliphatic rings. The van der Waals surface area contributed by atoms with Crippen LogP contribution in [0.25, 0.3) is 0 Å². The highest BCUT2D eigenvalue weighted by Crippen LogP contribution is 2.26. The SMILES string of the molecule is NC(=S)CN(Cc1c(F)cccc1F)C1CCCC1. The molecular formula is C14H18F2N2S. The average Bonchev–Trinajstić information content (AvgIpc) is 2.85. The van der Waals surface area contributed by atoms with Gasteiger partial charge in [0.15, 0.2) is 0 Å². The van der Waals surface area contributed by atoms with Crippen molar-refractivity contribution in [1.82, 2.24) is 4.90 Å². The first kappa shape index (κ1) is 14.3. The van der Waals surface area contributed by atoms with E-state index in [4.69, 9.17) is 18.0 Å². The van der Waals surface area contributed by atoms with Gasteiger partial charge in [-0.1, -0.05) is 31.1 Å². The van der Waals surface area contributed by atoms with E-state index in [2.05, 4.69) is 0 Å². The topological polar surface area (TPSA) is 29.3 Å². The summed E-state index contributed by atoms with van der Waals surface area (Å²) in [7, 11) is 0. The van der Waals surface area contributed by atoms with Crippen molar-refractivity contribution in [2.75, 3.05) is 6.54 Å². The summed E-state index contributed by atoms with van der Waals surface area (Å²) in [5.74, 6) is -1.02. The van der Waals surface area contributed by atoms with E-state index in [1.807, 2.05) is 4.90 Å². The zero-order valence-electron chi connectivity index (χ0n) is 10.7. The Hall–Kier alpha value is -1.07. The molecule has 0 amide bonds. The molecule has 1 fully saturated rings. The molecule has 0 aliphatic heterocycles. The van der Waals surface area contributed by atoms with Crippen molar-refractivity contribution in [3.05, 3.63) is 35.4 Å². The zero-order valence-corrected chi connectivity index (χ0v) is 11.6. The minimum Gasteiger partial charge on any atom is -0.392 e. The van der Waals surface area contributed by atoms with Crippen LogP contribution in [0.1, 0.15) is 31.2 Å². The molecular weight excluding hydrogens is 266 g/mol. The van der Waals surface area contributed by atoms with Crippen LogP contribution in [-0.2, 0) is 6.54 Å². The summed E-state index contributed by atoms with van der Waals surface area (Å²) in [6, 6.07) is 4.26. The van der Waals surface area contributed by atoms with Crippen molar-refractivity contribution in [2.24, 2.45) is 5.73 Å². The van der Waals surface area contributed by atoms with Gasteiger partial charge in [-0.2, -0.15) is 0 Å². The Morgan fingerprint density at radius 3 is 2.37 bits per heavy atom. The summed E-state index contributed by atoms with van der Waals surface area (Å²) in [6.07, 6.45) is 4.38. The number of thiocarbonyl (C=S) groups is 1. The van der Waals surface area contributed by atoms with Crippen LogP contribution in [0, 0.1) is 11.6 Å². The van der Waals surface area contributed by atoms with Gasteiger partial charge < -0.3 is 5.73 Å². The summed E-state index contributed by atoms with van der Waals surface area (Å²) in [6.45, 7) is 0.633.